The van der Waals surface area contributed by atoms with Crippen LogP contribution in [0.3, 0.4) is 0 Å². The van der Waals surface area contributed by atoms with E-state index in [-0.39, 0.29) is 12.5 Å². The zero-order valence-corrected chi connectivity index (χ0v) is 13.5. The quantitative estimate of drug-likeness (QED) is 0.714. The third-order valence-corrected chi connectivity index (χ3v) is 4.02. The molecule has 1 amide bonds. The van der Waals surface area contributed by atoms with Crippen molar-refractivity contribution in [2.45, 2.75) is 32.8 Å². The Labute approximate surface area is 125 Å². The van der Waals surface area contributed by atoms with Gasteiger partial charge in [-0.2, -0.15) is 16.9 Å². The van der Waals surface area contributed by atoms with Crippen LogP contribution >= 0.6 is 11.8 Å². The number of hydrogen-bond acceptors (Lipinski definition) is 4. The highest BCUT2D eigenvalue weighted by Crippen LogP contribution is 2.18. The SMILES string of the molecule is CC(C)CCSCC(=O)NCC(C)(O)c1cnn(C)c1. The number of aliphatic hydroxyl groups is 1. The van der Waals surface area contributed by atoms with Gasteiger partial charge in [-0.15, -0.1) is 0 Å². The minimum absolute atomic E-state index is 0.0390. The van der Waals surface area contributed by atoms with Crippen molar-refractivity contribution >= 4 is 17.7 Å². The molecule has 20 heavy (non-hydrogen) atoms. The molecule has 0 saturated carbocycles. The van der Waals surface area contributed by atoms with E-state index in [1.165, 1.54) is 0 Å². The van der Waals surface area contributed by atoms with E-state index in [1.54, 1.807) is 42.8 Å². The lowest BCUT2D eigenvalue weighted by Crippen LogP contribution is -2.39. The molecule has 0 aromatic carbocycles. The minimum Gasteiger partial charge on any atom is -0.383 e. The number of rotatable bonds is 8. The second-order valence-corrected chi connectivity index (χ2v) is 6.79. The van der Waals surface area contributed by atoms with Gasteiger partial charge >= 0.3 is 0 Å². The Morgan fingerprint density at radius 3 is 2.85 bits per heavy atom. The number of nitrogens with one attached hydrogen (secondary N) is 1. The lowest BCUT2D eigenvalue weighted by atomic mass is 10.00. The van der Waals surface area contributed by atoms with Crippen molar-refractivity contribution in [3.05, 3.63) is 18.0 Å². The zero-order chi connectivity index (χ0) is 15.2. The molecule has 1 aromatic heterocycles. The molecular weight excluding hydrogens is 274 g/mol. The van der Waals surface area contributed by atoms with Crippen LogP contribution in [0.4, 0.5) is 0 Å². The van der Waals surface area contributed by atoms with E-state index < -0.39 is 5.60 Å². The molecule has 0 radical (unpaired) electrons. The fourth-order valence-corrected chi connectivity index (χ4v) is 2.68. The maximum atomic E-state index is 11.7. The molecule has 2 N–H and O–H groups in total. The van der Waals surface area contributed by atoms with Crippen LogP contribution < -0.4 is 5.32 Å². The number of aryl methyl sites for hydroxylation is 1. The maximum Gasteiger partial charge on any atom is 0.230 e. The first-order valence-electron chi connectivity index (χ1n) is 6.87. The van der Waals surface area contributed by atoms with Gasteiger partial charge in [-0.3, -0.25) is 9.48 Å². The van der Waals surface area contributed by atoms with Gasteiger partial charge in [0, 0.05) is 18.8 Å². The molecule has 0 aliphatic carbocycles. The van der Waals surface area contributed by atoms with Crippen LogP contribution in [0.15, 0.2) is 12.4 Å². The summed E-state index contributed by atoms with van der Waals surface area (Å²) in [6.07, 6.45) is 4.48. The summed E-state index contributed by atoms with van der Waals surface area (Å²) < 4.78 is 1.63. The lowest BCUT2D eigenvalue weighted by molar-refractivity contribution is -0.119. The van der Waals surface area contributed by atoms with Gasteiger partial charge in [0.25, 0.3) is 0 Å². The Balaban J connectivity index is 2.29. The van der Waals surface area contributed by atoms with Gasteiger partial charge in [0.1, 0.15) is 5.60 Å². The number of nitrogens with zero attached hydrogens (tertiary/aromatic N) is 2. The molecule has 1 unspecified atom stereocenters. The Morgan fingerprint density at radius 1 is 1.60 bits per heavy atom. The van der Waals surface area contributed by atoms with Gasteiger partial charge in [-0.05, 0) is 25.0 Å². The largest absolute Gasteiger partial charge is 0.383 e. The van der Waals surface area contributed by atoms with Crippen molar-refractivity contribution in [2.24, 2.45) is 13.0 Å². The van der Waals surface area contributed by atoms with Gasteiger partial charge in [0.2, 0.25) is 5.91 Å². The minimum atomic E-state index is -1.09. The molecule has 0 bridgehead atoms. The third-order valence-electron chi connectivity index (χ3n) is 3.03. The number of carbonyl (C=O) groups is 1. The van der Waals surface area contributed by atoms with E-state index in [1.807, 2.05) is 0 Å². The van der Waals surface area contributed by atoms with Gasteiger partial charge in [0.15, 0.2) is 0 Å². The van der Waals surface area contributed by atoms with Crippen molar-refractivity contribution in [3.8, 4) is 0 Å². The third kappa shape index (κ3) is 5.96. The van der Waals surface area contributed by atoms with Crippen LogP contribution in [0.25, 0.3) is 0 Å². The fraction of sp³-hybridized carbons (Fsp3) is 0.714. The summed E-state index contributed by atoms with van der Waals surface area (Å²) in [5, 5.41) is 17.1. The second kappa shape index (κ2) is 7.69. The van der Waals surface area contributed by atoms with Crippen molar-refractivity contribution in [1.29, 1.82) is 0 Å². The van der Waals surface area contributed by atoms with E-state index in [9.17, 15) is 9.90 Å². The summed E-state index contributed by atoms with van der Waals surface area (Å²) in [6, 6.07) is 0. The van der Waals surface area contributed by atoms with Crippen LogP contribution in [0, 0.1) is 5.92 Å². The average Bonchev–Trinajstić information content (AvgIpc) is 2.79. The van der Waals surface area contributed by atoms with Crippen molar-refractivity contribution in [3.63, 3.8) is 0 Å². The highest BCUT2D eigenvalue weighted by Gasteiger charge is 2.25. The van der Waals surface area contributed by atoms with Gasteiger partial charge in [-0.1, -0.05) is 13.8 Å². The predicted molar refractivity (Wildman–Crippen MR) is 82.6 cm³/mol. The Kier molecular flexibility index (Phi) is 6.55. The number of thioether (sulfide) groups is 1. The van der Waals surface area contributed by atoms with E-state index in [0.717, 1.165) is 12.2 Å². The summed E-state index contributed by atoms with van der Waals surface area (Å²) in [4.78, 5) is 11.7. The standard InChI is InChI=1S/C14H25N3O2S/c1-11(2)5-6-20-9-13(18)15-10-14(3,19)12-7-16-17(4)8-12/h7-8,11,19H,5-6,9-10H2,1-4H3,(H,15,18). The van der Waals surface area contributed by atoms with Crippen LogP contribution in [0.5, 0.6) is 0 Å². The normalized spacial score (nSPS) is 14.3. The summed E-state index contributed by atoms with van der Waals surface area (Å²) in [6.45, 7) is 6.22. The molecular formula is C14H25N3O2S. The molecule has 114 valence electrons. The smallest absolute Gasteiger partial charge is 0.230 e. The van der Waals surface area contributed by atoms with Crippen molar-refractivity contribution in [1.82, 2.24) is 15.1 Å². The van der Waals surface area contributed by atoms with Gasteiger partial charge in [-0.25, -0.2) is 0 Å². The number of amides is 1. The first-order chi connectivity index (χ1) is 9.31. The van der Waals surface area contributed by atoms with E-state index >= 15 is 0 Å². The topological polar surface area (TPSA) is 67.2 Å². The Bertz CT molecular complexity index is 430. The predicted octanol–water partition coefficient (Wildman–Crippen LogP) is 1.52. The number of carbonyl (C=O) groups excluding carboxylic acids is 1. The number of aromatic nitrogens is 2. The fourth-order valence-electron chi connectivity index (χ4n) is 1.61. The molecule has 1 atom stereocenters. The molecule has 5 nitrogen and oxygen atoms in total. The monoisotopic (exact) mass is 299 g/mol. The van der Waals surface area contributed by atoms with Crippen LogP contribution in [-0.4, -0.2) is 38.8 Å². The van der Waals surface area contributed by atoms with Crippen molar-refractivity contribution in [2.75, 3.05) is 18.1 Å². The average molecular weight is 299 g/mol. The summed E-state index contributed by atoms with van der Waals surface area (Å²) in [5.74, 6) is 2.06. The van der Waals surface area contributed by atoms with Crippen molar-refractivity contribution < 1.29 is 9.90 Å². The lowest BCUT2D eigenvalue weighted by Gasteiger charge is -2.22. The Morgan fingerprint density at radius 2 is 2.30 bits per heavy atom. The molecule has 0 fully saturated rings. The molecule has 0 aliphatic rings. The molecule has 0 spiro atoms. The first kappa shape index (κ1) is 17.0. The van der Waals surface area contributed by atoms with Gasteiger partial charge < -0.3 is 10.4 Å². The summed E-state index contributed by atoms with van der Waals surface area (Å²) in [7, 11) is 1.80. The summed E-state index contributed by atoms with van der Waals surface area (Å²) in [5.41, 5.74) is -0.389. The molecule has 1 heterocycles. The highest BCUT2D eigenvalue weighted by atomic mass is 32.2. The van der Waals surface area contributed by atoms with E-state index in [4.69, 9.17) is 0 Å². The number of hydrogen-bond donors (Lipinski definition) is 2. The molecule has 0 aliphatic heterocycles. The van der Waals surface area contributed by atoms with Crippen LogP contribution in [-0.2, 0) is 17.4 Å². The zero-order valence-electron chi connectivity index (χ0n) is 12.7. The summed E-state index contributed by atoms with van der Waals surface area (Å²) >= 11 is 1.63. The van der Waals surface area contributed by atoms with E-state index in [2.05, 4.69) is 24.3 Å². The molecule has 1 aromatic rings. The molecule has 0 saturated heterocycles. The molecule has 1 rings (SSSR count). The van der Waals surface area contributed by atoms with Gasteiger partial charge in [0.05, 0.1) is 18.5 Å². The van der Waals surface area contributed by atoms with Crippen LogP contribution in [0.2, 0.25) is 0 Å². The van der Waals surface area contributed by atoms with Crippen LogP contribution in [0.1, 0.15) is 32.8 Å². The second-order valence-electron chi connectivity index (χ2n) is 5.69. The first-order valence-corrected chi connectivity index (χ1v) is 8.02. The maximum absolute atomic E-state index is 11.7. The van der Waals surface area contributed by atoms with E-state index in [0.29, 0.717) is 17.2 Å². The highest BCUT2D eigenvalue weighted by molar-refractivity contribution is 7.99. The molecule has 6 heteroatoms. The Hall–Kier alpha value is -1.01.